The first kappa shape index (κ1) is 15.5. The second-order valence-corrected chi connectivity index (χ2v) is 5.84. The highest BCUT2D eigenvalue weighted by Gasteiger charge is 2.27. The van der Waals surface area contributed by atoms with Crippen LogP contribution in [0.3, 0.4) is 0 Å². The molecule has 112 valence electrons. The maximum Gasteiger partial charge on any atom is 0.222 e. The van der Waals surface area contributed by atoms with Crippen molar-refractivity contribution < 1.29 is 9.90 Å². The van der Waals surface area contributed by atoms with Crippen LogP contribution in [0.5, 0.6) is 0 Å². The van der Waals surface area contributed by atoms with Crippen LogP contribution in [-0.4, -0.2) is 35.6 Å². The van der Waals surface area contributed by atoms with E-state index in [9.17, 15) is 9.90 Å². The van der Waals surface area contributed by atoms with Crippen LogP contribution in [0.15, 0.2) is 24.3 Å². The molecule has 1 amide bonds. The van der Waals surface area contributed by atoms with E-state index in [4.69, 9.17) is 5.26 Å². The third kappa shape index (κ3) is 4.30. The molecule has 4 nitrogen and oxygen atoms in total. The van der Waals surface area contributed by atoms with Gasteiger partial charge in [-0.15, -0.1) is 0 Å². The van der Waals surface area contributed by atoms with Crippen molar-refractivity contribution in [3.63, 3.8) is 0 Å². The van der Waals surface area contributed by atoms with Gasteiger partial charge in [-0.3, -0.25) is 4.79 Å². The number of aliphatic hydroxyl groups excluding tert-OH is 1. The van der Waals surface area contributed by atoms with Crippen LogP contribution < -0.4 is 0 Å². The van der Waals surface area contributed by atoms with E-state index in [0.717, 1.165) is 24.8 Å². The molecule has 0 radical (unpaired) electrons. The fraction of sp³-hybridized carbons (Fsp3) is 0.529. The van der Waals surface area contributed by atoms with Crippen LogP contribution >= 0.6 is 0 Å². The molecule has 0 spiro atoms. The minimum atomic E-state index is -0.251. The molecule has 0 aliphatic heterocycles. The maximum absolute atomic E-state index is 12.1. The monoisotopic (exact) mass is 286 g/mol. The summed E-state index contributed by atoms with van der Waals surface area (Å²) in [5.41, 5.74) is 1.70. The Morgan fingerprint density at radius 3 is 2.67 bits per heavy atom. The summed E-state index contributed by atoms with van der Waals surface area (Å²) in [7, 11) is 1.81. The lowest BCUT2D eigenvalue weighted by molar-refractivity contribution is -0.130. The van der Waals surface area contributed by atoms with Gasteiger partial charge in [0.15, 0.2) is 0 Å². The van der Waals surface area contributed by atoms with E-state index in [2.05, 4.69) is 6.07 Å². The van der Waals surface area contributed by atoms with Gasteiger partial charge >= 0.3 is 0 Å². The Balaban J connectivity index is 1.79. The number of carbonyl (C=O) groups excluding carboxylic acids is 1. The van der Waals surface area contributed by atoms with Crippen LogP contribution in [0.4, 0.5) is 0 Å². The average molecular weight is 286 g/mol. The normalized spacial score (nSPS) is 21.0. The SMILES string of the molecule is CN(CC1CCCC1O)C(=O)CCc1ccc(C#N)cc1. The summed E-state index contributed by atoms with van der Waals surface area (Å²) in [4.78, 5) is 13.9. The molecule has 4 heteroatoms. The zero-order valence-corrected chi connectivity index (χ0v) is 12.5. The Bertz CT molecular complexity index is 519. The summed E-state index contributed by atoms with van der Waals surface area (Å²) in [6, 6.07) is 9.43. The molecule has 0 aromatic heterocycles. The molecule has 0 saturated heterocycles. The van der Waals surface area contributed by atoms with Crippen molar-refractivity contribution >= 4 is 5.91 Å². The molecule has 1 N–H and O–H groups in total. The number of hydrogen-bond acceptors (Lipinski definition) is 3. The van der Waals surface area contributed by atoms with E-state index in [1.807, 2.05) is 19.2 Å². The Kier molecular flexibility index (Phi) is 5.35. The van der Waals surface area contributed by atoms with E-state index >= 15 is 0 Å². The highest BCUT2D eigenvalue weighted by Crippen LogP contribution is 2.26. The van der Waals surface area contributed by atoms with Crippen LogP contribution in [0, 0.1) is 17.2 Å². The van der Waals surface area contributed by atoms with E-state index in [0.29, 0.717) is 24.9 Å². The molecule has 1 aliphatic rings. The van der Waals surface area contributed by atoms with Crippen molar-refractivity contribution in [3.05, 3.63) is 35.4 Å². The Labute approximate surface area is 126 Å². The minimum absolute atomic E-state index is 0.110. The predicted octanol–water partition coefficient (Wildman–Crippen LogP) is 2.11. The minimum Gasteiger partial charge on any atom is -0.393 e. The van der Waals surface area contributed by atoms with Gasteiger partial charge < -0.3 is 10.0 Å². The largest absolute Gasteiger partial charge is 0.393 e. The van der Waals surface area contributed by atoms with Gasteiger partial charge in [0, 0.05) is 25.9 Å². The molecule has 2 atom stereocenters. The third-order valence-electron chi connectivity index (χ3n) is 4.26. The van der Waals surface area contributed by atoms with Crippen LogP contribution in [-0.2, 0) is 11.2 Å². The Morgan fingerprint density at radius 1 is 1.38 bits per heavy atom. The maximum atomic E-state index is 12.1. The molecule has 1 fully saturated rings. The molecular formula is C17H22N2O2. The smallest absolute Gasteiger partial charge is 0.222 e. The number of benzene rings is 1. The molecule has 2 rings (SSSR count). The number of aryl methyl sites for hydroxylation is 1. The summed E-state index contributed by atoms with van der Waals surface area (Å²) in [6.07, 6.45) is 3.82. The van der Waals surface area contributed by atoms with Gasteiger partial charge in [-0.25, -0.2) is 0 Å². The molecule has 1 aromatic carbocycles. The molecule has 1 saturated carbocycles. The Morgan fingerprint density at radius 2 is 2.10 bits per heavy atom. The van der Waals surface area contributed by atoms with Gasteiger partial charge in [-0.05, 0) is 37.0 Å². The predicted molar refractivity (Wildman–Crippen MR) is 80.5 cm³/mol. The summed E-state index contributed by atoms with van der Waals surface area (Å²) in [5, 5.41) is 18.6. The lowest BCUT2D eigenvalue weighted by atomic mass is 10.0. The van der Waals surface area contributed by atoms with Gasteiger partial charge in [0.1, 0.15) is 0 Å². The molecule has 0 bridgehead atoms. The zero-order chi connectivity index (χ0) is 15.2. The number of rotatable bonds is 5. The zero-order valence-electron chi connectivity index (χ0n) is 12.5. The fourth-order valence-electron chi connectivity index (χ4n) is 2.87. The van der Waals surface area contributed by atoms with Crippen LogP contribution in [0.1, 0.15) is 36.8 Å². The lowest BCUT2D eigenvalue weighted by Crippen LogP contribution is -2.34. The van der Waals surface area contributed by atoms with E-state index < -0.39 is 0 Å². The molecule has 0 heterocycles. The number of nitriles is 1. The van der Waals surface area contributed by atoms with Crippen molar-refractivity contribution in [2.45, 2.75) is 38.2 Å². The second kappa shape index (κ2) is 7.24. The van der Waals surface area contributed by atoms with Gasteiger partial charge in [-0.1, -0.05) is 18.6 Å². The molecule has 21 heavy (non-hydrogen) atoms. The topological polar surface area (TPSA) is 64.3 Å². The van der Waals surface area contributed by atoms with Gasteiger partial charge in [0.2, 0.25) is 5.91 Å². The first-order chi connectivity index (χ1) is 10.1. The van der Waals surface area contributed by atoms with Crippen molar-refractivity contribution in [2.75, 3.05) is 13.6 Å². The molecular weight excluding hydrogens is 264 g/mol. The van der Waals surface area contributed by atoms with Crippen LogP contribution in [0.2, 0.25) is 0 Å². The van der Waals surface area contributed by atoms with Gasteiger partial charge in [0.05, 0.1) is 17.7 Å². The van der Waals surface area contributed by atoms with Crippen molar-refractivity contribution in [3.8, 4) is 6.07 Å². The van der Waals surface area contributed by atoms with Crippen molar-refractivity contribution in [2.24, 2.45) is 5.92 Å². The quantitative estimate of drug-likeness (QED) is 0.901. The molecule has 2 unspecified atom stereocenters. The first-order valence-corrected chi connectivity index (χ1v) is 7.51. The summed E-state index contributed by atoms with van der Waals surface area (Å²) >= 11 is 0. The first-order valence-electron chi connectivity index (χ1n) is 7.51. The molecule has 1 aromatic rings. The highest BCUT2D eigenvalue weighted by molar-refractivity contribution is 5.76. The second-order valence-electron chi connectivity index (χ2n) is 5.84. The number of carbonyl (C=O) groups is 1. The van der Waals surface area contributed by atoms with Gasteiger partial charge in [0.25, 0.3) is 0 Å². The average Bonchev–Trinajstić information content (AvgIpc) is 2.90. The van der Waals surface area contributed by atoms with E-state index in [-0.39, 0.29) is 17.9 Å². The van der Waals surface area contributed by atoms with Crippen molar-refractivity contribution in [1.29, 1.82) is 5.26 Å². The van der Waals surface area contributed by atoms with Crippen molar-refractivity contribution in [1.82, 2.24) is 4.90 Å². The summed E-state index contributed by atoms with van der Waals surface area (Å²) in [6.45, 7) is 0.646. The number of nitrogens with zero attached hydrogens (tertiary/aromatic N) is 2. The van der Waals surface area contributed by atoms with E-state index in [1.54, 1.807) is 17.0 Å². The van der Waals surface area contributed by atoms with Crippen LogP contribution in [0.25, 0.3) is 0 Å². The molecule has 1 aliphatic carbocycles. The number of hydrogen-bond donors (Lipinski definition) is 1. The summed E-state index contributed by atoms with van der Waals surface area (Å²) < 4.78 is 0. The highest BCUT2D eigenvalue weighted by atomic mass is 16.3. The Hall–Kier alpha value is -1.86. The van der Waals surface area contributed by atoms with Gasteiger partial charge in [-0.2, -0.15) is 5.26 Å². The number of aliphatic hydroxyl groups is 1. The fourth-order valence-corrected chi connectivity index (χ4v) is 2.87. The van der Waals surface area contributed by atoms with E-state index in [1.165, 1.54) is 0 Å². The lowest BCUT2D eigenvalue weighted by Gasteiger charge is -2.23. The number of amides is 1. The standard InChI is InChI=1S/C17H22N2O2/c1-19(12-15-3-2-4-16(15)20)17(21)10-9-13-5-7-14(11-18)8-6-13/h5-8,15-16,20H,2-4,9-10,12H2,1H3. The third-order valence-corrected chi connectivity index (χ3v) is 4.26. The summed E-state index contributed by atoms with van der Waals surface area (Å²) in [5.74, 6) is 0.340.